The number of aromatic nitrogens is 1. The van der Waals surface area contributed by atoms with E-state index in [0.29, 0.717) is 12.6 Å². The van der Waals surface area contributed by atoms with E-state index in [1.807, 2.05) is 0 Å². The number of hydrogen-bond donors (Lipinski definition) is 1. The van der Waals surface area contributed by atoms with E-state index in [-0.39, 0.29) is 11.9 Å². The van der Waals surface area contributed by atoms with Crippen LogP contribution in [0.25, 0.3) is 0 Å². The monoisotopic (exact) mass is 309 g/mol. The van der Waals surface area contributed by atoms with Gasteiger partial charge in [0.1, 0.15) is 0 Å². The lowest BCUT2D eigenvalue weighted by atomic mass is 9.99. The van der Waals surface area contributed by atoms with Gasteiger partial charge in [0.25, 0.3) is 0 Å². The highest BCUT2D eigenvalue weighted by Crippen LogP contribution is 2.32. The highest BCUT2D eigenvalue weighted by Gasteiger charge is 2.31. The van der Waals surface area contributed by atoms with Crippen LogP contribution in [0, 0.1) is 6.92 Å². The van der Waals surface area contributed by atoms with Crippen molar-refractivity contribution in [1.29, 1.82) is 0 Å². The fourth-order valence-corrected chi connectivity index (χ4v) is 3.42. The van der Waals surface area contributed by atoms with Crippen molar-refractivity contribution in [3.05, 3.63) is 59.4 Å². The fraction of sp³-hybridized carbons (Fsp3) is 0.421. The molecule has 120 valence electrons. The van der Waals surface area contributed by atoms with E-state index in [1.54, 1.807) is 0 Å². The minimum Gasteiger partial charge on any atom is -0.352 e. The first-order valence-electron chi connectivity index (χ1n) is 8.46. The number of hydrogen-bond acceptors (Lipinski definition) is 2. The number of nitrogens with one attached hydrogen (secondary N) is 1. The maximum Gasteiger partial charge on any atom is 0.234 e. The van der Waals surface area contributed by atoms with Gasteiger partial charge in [0.2, 0.25) is 5.91 Å². The molecule has 1 aliphatic carbocycles. The second-order valence-corrected chi connectivity index (χ2v) is 6.75. The first-order chi connectivity index (χ1) is 11.2. The van der Waals surface area contributed by atoms with Gasteiger partial charge in [0, 0.05) is 31.0 Å². The number of fused-ring (bicyclic) bond motifs is 1. The Balaban J connectivity index is 1.61. The highest BCUT2D eigenvalue weighted by atomic mass is 16.2. The molecule has 0 bridgehead atoms. The van der Waals surface area contributed by atoms with E-state index >= 15 is 0 Å². The van der Waals surface area contributed by atoms with E-state index in [9.17, 15) is 4.79 Å². The molecule has 2 aliphatic rings. The zero-order chi connectivity index (χ0) is 15.8. The number of carbonyl (C=O) groups excluding carboxylic acids is 1. The van der Waals surface area contributed by atoms with Crippen molar-refractivity contribution in [2.75, 3.05) is 13.1 Å². The molecule has 2 heterocycles. The van der Waals surface area contributed by atoms with Gasteiger partial charge in [-0.05, 0) is 37.5 Å². The van der Waals surface area contributed by atoms with Crippen molar-refractivity contribution in [3.8, 4) is 0 Å². The Morgan fingerprint density at radius 3 is 2.70 bits per heavy atom. The quantitative estimate of drug-likeness (QED) is 0.942. The van der Waals surface area contributed by atoms with Gasteiger partial charge in [-0.15, -0.1) is 0 Å². The molecule has 1 unspecified atom stereocenters. The summed E-state index contributed by atoms with van der Waals surface area (Å²) >= 11 is 0. The molecule has 1 N–H and O–H groups in total. The van der Waals surface area contributed by atoms with Crippen molar-refractivity contribution < 1.29 is 4.79 Å². The Morgan fingerprint density at radius 1 is 1.17 bits per heavy atom. The smallest absolute Gasteiger partial charge is 0.234 e. The first-order valence-corrected chi connectivity index (χ1v) is 8.46. The van der Waals surface area contributed by atoms with Crippen molar-refractivity contribution in [3.63, 3.8) is 0 Å². The summed E-state index contributed by atoms with van der Waals surface area (Å²) < 4.78 is 2.31. The summed E-state index contributed by atoms with van der Waals surface area (Å²) in [6, 6.07) is 13.5. The summed E-state index contributed by atoms with van der Waals surface area (Å²) in [5.74, 6) is 0.157. The predicted octanol–water partition coefficient (Wildman–Crippen LogP) is 2.48. The molecular formula is C19H23N3O. The molecule has 0 saturated heterocycles. The molecule has 4 rings (SSSR count). The van der Waals surface area contributed by atoms with Crippen LogP contribution < -0.4 is 5.32 Å². The topological polar surface area (TPSA) is 37.3 Å². The maximum absolute atomic E-state index is 12.3. The van der Waals surface area contributed by atoms with Crippen molar-refractivity contribution >= 4 is 5.91 Å². The van der Waals surface area contributed by atoms with E-state index in [2.05, 4.69) is 64.3 Å². The molecule has 1 amide bonds. The van der Waals surface area contributed by atoms with E-state index in [0.717, 1.165) is 25.9 Å². The molecule has 0 spiro atoms. The number of nitrogens with zero attached hydrogens (tertiary/aromatic N) is 2. The molecule has 1 aromatic heterocycles. The summed E-state index contributed by atoms with van der Waals surface area (Å²) in [4.78, 5) is 14.6. The number of aryl methyl sites for hydroxylation is 1. The summed E-state index contributed by atoms with van der Waals surface area (Å²) in [5.41, 5.74) is 3.80. The van der Waals surface area contributed by atoms with Gasteiger partial charge in [0.15, 0.2) is 0 Å². The van der Waals surface area contributed by atoms with Gasteiger partial charge in [-0.1, -0.05) is 29.8 Å². The van der Waals surface area contributed by atoms with Crippen LogP contribution in [0.15, 0.2) is 42.6 Å². The second-order valence-electron chi connectivity index (χ2n) is 6.75. The summed E-state index contributed by atoms with van der Waals surface area (Å²) in [6.07, 6.45) is 4.41. The van der Waals surface area contributed by atoms with Crippen LogP contribution in [0.5, 0.6) is 0 Å². The number of rotatable bonds is 4. The van der Waals surface area contributed by atoms with Crippen LogP contribution in [0.4, 0.5) is 0 Å². The van der Waals surface area contributed by atoms with Crippen LogP contribution in [-0.4, -0.2) is 34.5 Å². The zero-order valence-electron chi connectivity index (χ0n) is 13.5. The van der Waals surface area contributed by atoms with Gasteiger partial charge in [-0.2, -0.15) is 0 Å². The molecule has 2 aromatic rings. The average Bonchev–Trinajstić information content (AvgIpc) is 3.22. The Bertz CT molecular complexity index is 700. The van der Waals surface area contributed by atoms with Gasteiger partial charge < -0.3 is 9.88 Å². The molecule has 1 aromatic carbocycles. The Kier molecular flexibility index (Phi) is 3.69. The minimum absolute atomic E-state index is 0.157. The average molecular weight is 309 g/mol. The molecule has 1 atom stereocenters. The Hall–Kier alpha value is -2.07. The van der Waals surface area contributed by atoms with E-state index in [1.165, 1.54) is 16.8 Å². The Morgan fingerprint density at radius 2 is 1.96 bits per heavy atom. The third kappa shape index (κ3) is 3.04. The number of amides is 1. The number of carbonyl (C=O) groups is 1. The lowest BCUT2D eigenvalue weighted by Gasteiger charge is -2.37. The number of benzene rings is 1. The third-order valence-electron chi connectivity index (χ3n) is 4.82. The van der Waals surface area contributed by atoms with E-state index in [4.69, 9.17) is 0 Å². The van der Waals surface area contributed by atoms with Gasteiger partial charge in [-0.25, -0.2) is 0 Å². The molecule has 0 radical (unpaired) electrons. The van der Waals surface area contributed by atoms with Crippen molar-refractivity contribution in [2.45, 2.75) is 38.4 Å². The highest BCUT2D eigenvalue weighted by molar-refractivity contribution is 5.78. The molecule has 1 aliphatic heterocycles. The van der Waals surface area contributed by atoms with Crippen LogP contribution in [0.1, 0.15) is 35.7 Å². The molecule has 23 heavy (non-hydrogen) atoms. The molecule has 4 heteroatoms. The fourth-order valence-electron chi connectivity index (χ4n) is 3.42. The minimum atomic E-state index is 0.157. The zero-order valence-corrected chi connectivity index (χ0v) is 13.5. The van der Waals surface area contributed by atoms with Gasteiger partial charge in [-0.3, -0.25) is 9.69 Å². The molecule has 4 nitrogen and oxygen atoms in total. The first kappa shape index (κ1) is 14.5. The van der Waals surface area contributed by atoms with Crippen LogP contribution in [0.3, 0.4) is 0 Å². The SMILES string of the molecule is Cc1ccc(C2c3cccn3CCN2CC(=O)NC2CC2)cc1. The predicted molar refractivity (Wildman–Crippen MR) is 90.2 cm³/mol. The standard InChI is InChI=1S/C19H23N3O/c1-14-4-6-15(7-5-14)19-17-3-2-10-21(17)11-12-22(19)13-18(23)20-16-8-9-16/h2-7,10,16,19H,8-9,11-13H2,1H3,(H,20,23). The molecule has 1 saturated carbocycles. The molecular weight excluding hydrogens is 286 g/mol. The van der Waals surface area contributed by atoms with E-state index < -0.39 is 0 Å². The lowest BCUT2D eigenvalue weighted by molar-refractivity contribution is -0.123. The third-order valence-corrected chi connectivity index (χ3v) is 4.82. The normalized spacial score (nSPS) is 21.0. The van der Waals surface area contributed by atoms with Crippen molar-refractivity contribution in [2.24, 2.45) is 0 Å². The van der Waals surface area contributed by atoms with Crippen LogP contribution >= 0.6 is 0 Å². The summed E-state index contributed by atoms with van der Waals surface area (Å²) in [7, 11) is 0. The van der Waals surface area contributed by atoms with Crippen LogP contribution in [-0.2, 0) is 11.3 Å². The summed E-state index contributed by atoms with van der Waals surface area (Å²) in [6.45, 7) is 4.42. The molecule has 1 fully saturated rings. The maximum atomic E-state index is 12.3. The van der Waals surface area contributed by atoms with Crippen LogP contribution in [0.2, 0.25) is 0 Å². The second kappa shape index (κ2) is 5.85. The van der Waals surface area contributed by atoms with Gasteiger partial charge in [0.05, 0.1) is 12.6 Å². The largest absolute Gasteiger partial charge is 0.352 e. The van der Waals surface area contributed by atoms with Gasteiger partial charge >= 0.3 is 0 Å². The Labute approximate surface area is 137 Å². The van der Waals surface area contributed by atoms with Crippen molar-refractivity contribution in [1.82, 2.24) is 14.8 Å². The lowest BCUT2D eigenvalue weighted by Crippen LogP contribution is -2.44. The summed E-state index contributed by atoms with van der Waals surface area (Å²) in [5, 5.41) is 3.11.